The molecule has 126 valence electrons. The first-order valence-electron chi connectivity index (χ1n) is 7.13. The first-order valence-corrected chi connectivity index (χ1v) is 8.01. The molecule has 0 saturated heterocycles. The van der Waals surface area contributed by atoms with Crippen molar-refractivity contribution < 1.29 is 14.5 Å². The molecule has 1 unspecified atom stereocenters. The van der Waals surface area contributed by atoms with Gasteiger partial charge in [0.05, 0.1) is 11.5 Å². The van der Waals surface area contributed by atoms with Gasteiger partial charge in [-0.25, -0.2) is 14.8 Å². The average Bonchev–Trinajstić information content (AvgIpc) is 2.55. The number of anilines is 1. The summed E-state index contributed by atoms with van der Waals surface area (Å²) in [6.45, 7) is 3.81. The van der Waals surface area contributed by atoms with Gasteiger partial charge < -0.3 is 10.5 Å². The lowest BCUT2D eigenvalue weighted by Crippen LogP contribution is -2.10. The number of nitrogen functional groups attached to an aromatic ring is 1. The number of hydrogen-bond donors (Lipinski definition) is 1. The Morgan fingerprint density at radius 2 is 2.25 bits per heavy atom. The number of thioether (sulfide) groups is 1. The van der Waals surface area contributed by atoms with Crippen LogP contribution in [0.25, 0.3) is 0 Å². The summed E-state index contributed by atoms with van der Waals surface area (Å²) in [7, 11) is 0. The van der Waals surface area contributed by atoms with E-state index in [0.717, 1.165) is 5.56 Å². The predicted octanol–water partition coefficient (Wildman–Crippen LogP) is 3.00. The Morgan fingerprint density at radius 1 is 1.50 bits per heavy atom. The van der Waals surface area contributed by atoms with E-state index in [2.05, 4.69) is 9.97 Å². The zero-order chi connectivity index (χ0) is 17.7. The molecule has 0 amide bonds. The number of non-ortho nitro benzene ring substituents is 1. The number of rotatable bonds is 6. The molecule has 1 aromatic heterocycles. The van der Waals surface area contributed by atoms with Gasteiger partial charge in [-0.1, -0.05) is 23.9 Å². The van der Waals surface area contributed by atoms with Gasteiger partial charge in [-0.2, -0.15) is 0 Å². The fraction of sp³-hybridized carbons (Fsp3) is 0.267. The second-order valence-electron chi connectivity index (χ2n) is 4.78. The van der Waals surface area contributed by atoms with Gasteiger partial charge in [-0.15, -0.1) is 0 Å². The molecule has 2 N–H and O–H groups in total. The molecule has 1 atom stereocenters. The van der Waals surface area contributed by atoms with Crippen molar-refractivity contribution in [1.82, 2.24) is 9.97 Å². The summed E-state index contributed by atoms with van der Waals surface area (Å²) < 4.78 is 4.87. The molecule has 1 heterocycles. The topological polar surface area (TPSA) is 121 Å². The Balaban J connectivity index is 2.16. The zero-order valence-electron chi connectivity index (χ0n) is 13.1. The van der Waals surface area contributed by atoms with Crippen molar-refractivity contribution in [3.8, 4) is 0 Å². The maximum atomic E-state index is 11.7. The smallest absolute Gasteiger partial charge is 0.343 e. The standard InChI is InChI=1S/C15H16N4O4S/c1-3-23-14(20)12-8-17-15(18-13(12)16)24-9(2)10-5-4-6-11(7-10)19(21)22/h4-9H,3H2,1-2H3,(H2,16,17,18). The third kappa shape index (κ3) is 4.19. The fourth-order valence-corrected chi connectivity index (χ4v) is 2.78. The molecular formula is C15H16N4O4S. The van der Waals surface area contributed by atoms with E-state index in [-0.39, 0.29) is 28.9 Å². The molecular weight excluding hydrogens is 332 g/mol. The van der Waals surface area contributed by atoms with E-state index in [1.165, 1.54) is 30.1 Å². The van der Waals surface area contributed by atoms with Crippen molar-refractivity contribution in [2.75, 3.05) is 12.3 Å². The molecule has 0 saturated carbocycles. The molecule has 2 rings (SSSR count). The third-order valence-corrected chi connectivity index (χ3v) is 4.16. The van der Waals surface area contributed by atoms with Crippen LogP contribution in [0.3, 0.4) is 0 Å². The molecule has 0 aliphatic rings. The summed E-state index contributed by atoms with van der Waals surface area (Å²) in [4.78, 5) is 30.3. The molecule has 0 bridgehead atoms. The van der Waals surface area contributed by atoms with Gasteiger partial charge in [-0.3, -0.25) is 10.1 Å². The predicted molar refractivity (Wildman–Crippen MR) is 89.8 cm³/mol. The van der Waals surface area contributed by atoms with Crippen molar-refractivity contribution in [3.05, 3.63) is 51.7 Å². The van der Waals surface area contributed by atoms with Gasteiger partial charge in [0.1, 0.15) is 11.4 Å². The largest absolute Gasteiger partial charge is 0.462 e. The van der Waals surface area contributed by atoms with Gasteiger partial charge in [0.15, 0.2) is 5.16 Å². The first kappa shape index (κ1) is 17.7. The van der Waals surface area contributed by atoms with E-state index >= 15 is 0 Å². The lowest BCUT2D eigenvalue weighted by atomic mass is 10.1. The first-order chi connectivity index (χ1) is 11.4. The summed E-state index contributed by atoms with van der Waals surface area (Å²) in [6, 6.07) is 6.36. The van der Waals surface area contributed by atoms with Crippen LogP contribution in [-0.2, 0) is 4.74 Å². The highest BCUT2D eigenvalue weighted by Gasteiger charge is 2.17. The minimum atomic E-state index is -0.571. The van der Waals surface area contributed by atoms with Crippen molar-refractivity contribution in [2.45, 2.75) is 24.3 Å². The van der Waals surface area contributed by atoms with Crippen LogP contribution in [0, 0.1) is 10.1 Å². The molecule has 1 aromatic carbocycles. The SMILES string of the molecule is CCOC(=O)c1cnc(SC(C)c2cccc([N+](=O)[O-])c2)nc1N. The number of nitro groups is 1. The lowest BCUT2D eigenvalue weighted by Gasteiger charge is -2.11. The van der Waals surface area contributed by atoms with Gasteiger partial charge in [0, 0.05) is 23.6 Å². The summed E-state index contributed by atoms with van der Waals surface area (Å²) >= 11 is 1.29. The summed E-state index contributed by atoms with van der Waals surface area (Å²) in [6.07, 6.45) is 1.32. The molecule has 0 spiro atoms. The maximum absolute atomic E-state index is 11.7. The second-order valence-corrected chi connectivity index (χ2v) is 6.09. The normalized spacial score (nSPS) is 11.8. The zero-order valence-corrected chi connectivity index (χ0v) is 13.9. The van der Waals surface area contributed by atoms with Gasteiger partial charge >= 0.3 is 5.97 Å². The highest BCUT2D eigenvalue weighted by molar-refractivity contribution is 7.99. The van der Waals surface area contributed by atoms with E-state index in [4.69, 9.17) is 10.5 Å². The van der Waals surface area contributed by atoms with Crippen molar-refractivity contribution in [1.29, 1.82) is 0 Å². The van der Waals surface area contributed by atoms with Crippen molar-refractivity contribution in [2.24, 2.45) is 0 Å². The Bertz CT molecular complexity index is 769. The fourth-order valence-electron chi connectivity index (χ4n) is 1.92. The lowest BCUT2D eigenvalue weighted by molar-refractivity contribution is -0.384. The van der Waals surface area contributed by atoms with Crippen LogP contribution in [0.2, 0.25) is 0 Å². The number of nitrogens with zero attached hydrogens (tertiary/aromatic N) is 3. The van der Waals surface area contributed by atoms with Crippen molar-refractivity contribution >= 4 is 29.2 Å². The number of carbonyl (C=O) groups excluding carboxylic acids is 1. The van der Waals surface area contributed by atoms with Crippen LogP contribution in [-0.4, -0.2) is 27.5 Å². The summed E-state index contributed by atoms with van der Waals surface area (Å²) in [5.74, 6) is -0.532. The van der Waals surface area contributed by atoms with Crippen LogP contribution < -0.4 is 5.73 Å². The van der Waals surface area contributed by atoms with E-state index in [1.807, 2.05) is 6.92 Å². The summed E-state index contributed by atoms with van der Waals surface area (Å²) in [5, 5.41) is 11.1. The molecule has 2 aromatic rings. The van der Waals surface area contributed by atoms with Gasteiger partial charge in [-0.05, 0) is 19.4 Å². The minimum Gasteiger partial charge on any atom is -0.462 e. The molecule has 0 radical (unpaired) electrons. The van der Waals surface area contributed by atoms with Gasteiger partial charge in [0.25, 0.3) is 5.69 Å². The van der Waals surface area contributed by atoms with E-state index in [0.29, 0.717) is 5.16 Å². The van der Waals surface area contributed by atoms with E-state index in [9.17, 15) is 14.9 Å². The van der Waals surface area contributed by atoms with Crippen LogP contribution in [0.5, 0.6) is 0 Å². The molecule has 0 aliphatic heterocycles. The molecule has 24 heavy (non-hydrogen) atoms. The number of nitrogens with two attached hydrogens (primary N) is 1. The number of carbonyl (C=O) groups is 1. The van der Waals surface area contributed by atoms with Crippen molar-refractivity contribution in [3.63, 3.8) is 0 Å². The van der Waals surface area contributed by atoms with Crippen LogP contribution in [0.15, 0.2) is 35.6 Å². The number of hydrogen-bond acceptors (Lipinski definition) is 8. The number of nitro benzene ring substituents is 1. The number of aromatic nitrogens is 2. The Hall–Kier alpha value is -2.68. The molecule has 0 aliphatic carbocycles. The number of benzene rings is 1. The Labute approximate surface area is 142 Å². The van der Waals surface area contributed by atoms with Crippen LogP contribution >= 0.6 is 11.8 Å². The maximum Gasteiger partial charge on any atom is 0.343 e. The van der Waals surface area contributed by atoms with Crippen LogP contribution in [0.4, 0.5) is 11.5 Å². The minimum absolute atomic E-state index is 0.0260. The second kappa shape index (κ2) is 7.73. The monoisotopic (exact) mass is 348 g/mol. The molecule has 9 heteroatoms. The van der Waals surface area contributed by atoms with E-state index in [1.54, 1.807) is 19.1 Å². The third-order valence-electron chi connectivity index (χ3n) is 3.12. The average molecular weight is 348 g/mol. The highest BCUT2D eigenvalue weighted by Crippen LogP contribution is 2.34. The Kier molecular flexibility index (Phi) is 5.69. The quantitative estimate of drug-likeness (QED) is 0.278. The summed E-state index contributed by atoms with van der Waals surface area (Å²) in [5.41, 5.74) is 6.69. The molecule has 8 nitrogen and oxygen atoms in total. The number of esters is 1. The number of ether oxygens (including phenoxy) is 1. The highest BCUT2D eigenvalue weighted by atomic mass is 32.2. The Morgan fingerprint density at radius 3 is 2.88 bits per heavy atom. The van der Waals surface area contributed by atoms with Gasteiger partial charge in [0.2, 0.25) is 0 Å². The molecule has 0 fully saturated rings. The van der Waals surface area contributed by atoms with E-state index < -0.39 is 10.9 Å². The van der Waals surface area contributed by atoms with Crippen LogP contribution in [0.1, 0.15) is 35.0 Å².